The predicted molar refractivity (Wildman–Crippen MR) is 399 cm³/mol. The van der Waals surface area contributed by atoms with Crippen LogP contribution in [-0.4, -0.2) is 53.9 Å². The molecule has 7 aromatic heterocycles. The van der Waals surface area contributed by atoms with Crippen LogP contribution >= 0.6 is 11.3 Å². The largest absolute Gasteiger partial charge is 3.00 e. The van der Waals surface area contributed by atoms with Gasteiger partial charge in [-0.25, -0.2) is 9.78 Å². The molecule has 14 aromatic rings. The number of pyridine rings is 5. The van der Waals surface area contributed by atoms with Crippen molar-refractivity contribution in [2.45, 2.75) is 66.7 Å². The molecular weight excluding hydrogens is 1800 g/mol. The molecule has 0 fully saturated rings. The maximum absolute atomic E-state index is 13.0. The minimum atomic E-state index is -0.292. The second-order valence-electron chi connectivity index (χ2n) is 23.6. The third-order valence-electron chi connectivity index (χ3n) is 15.9. The van der Waals surface area contributed by atoms with E-state index in [2.05, 4.69) is 93.1 Å². The summed E-state index contributed by atoms with van der Waals surface area (Å²) in [6.07, 6.45) is 11.6. The molecule has 512 valence electrons. The molecule has 0 atom stereocenters. The first-order valence-electron chi connectivity index (χ1n) is 32.0. The first-order chi connectivity index (χ1) is 47.3. The first kappa shape index (κ1) is 78.7. The SMILES string of the molecule is C.CC(=O)C=C(C)O.CC1(C)CCN2CCCc3c2c1cc1cc(-c2nc4ccccc4s2)c(=O)oc31.Cc1ccnc(-c2[c-]cccc2)c1.[Ir+3].[Ir].[Ir].[c-]1ccccc1-c1cccc(-c2[c-]c(-c3ccccn3)ccc2)n1.[c-]1ccccc1-c1ccccn1.[c-]1ccccc1-c1ccccn1. The van der Waals surface area contributed by atoms with Crippen LogP contribution in [0.4, 0.5) is 5.69 Å². The van der Waals surface area contributed by atoms with E-state index in [1.807, 2.05) is 231 Å². The average molecular weight is 1880 g/mol. The maximum Gasteiger partial charge on any atom is 3.00 e. The molecule has 7 aromatic carbocycles. The van der Waals surface area contributed by atoms with Crippen molar-refractivity contribution in [3.63, 3.8) is 0 Å². The van der Waals surface area contributed by atoms with Crippen LogP contribution in [0.5, 0.6) is 0 Å². The number of nitrogens with zero attached hydrogens (tertiary/aromatic N) is 7. The summed E-state index contributed by atoms with van der Waals surface area (Å²) >= 11 is 1.54. The zero-order valence-electron chi connectivity index (χ0n) is 55.6. The number of allylic oxidation sites excluding steroid dienone is 2. The second-order valence-corrected chi connectivity index (χ2v) is 24.6. The number of anilines is 1. The van der Waals surface area contributed by atoms with Gasteiger partial charge in [-0.3, -0.25) is 9.78 Å². The molecule has 0 saturated carbocycles. The Kier molecular flexibility index (Phi) is 30.2. The third kappa shape index (κ3) is 21.4. The molecular formula is C86H74Ir3N7O4S-2. The number of thiazole rings is 1. The monoisotopic (exact) mass is 1880 g/mol. The normalized spacial score (nSPS) is 11.9. The van der Waals surface area contributed by atoms with Gasteiger partial charge in [0.25, 0.3) is 0 Å². The van der Waals surface area contributed by atoms with Crippen molar-refractivity contribution in [1.82, 2.24) is 29.9 Å². The van der Waals surface area contributed by atoms with E-state index in [1.165, 1.54) is 42.3 Å². The van der Waals surface area contributed by atoms with Crippen molar-refractivity contribution >= 4 is 44.0 Å². The van der Waals surface area contributed by atoms with Crippen LogP contribution in [0.2, 0.25) is 0 Å². The Bertz CT molecular complexity index is 4710. The Morgan fingerprint density at radius 2 is 1.03 bits per heavy atom. The van der Waals surface area contributed by atoms with Crippen molar-refractivity contribution in [2.75, 3.05) is 18.0 Å². The number of carbonyl (C=O) groups is 1. The maximum atomic E-state index is 13.0. The number of hydrogen-bond acceptors (Lipinski definition) is 12. The van der Waals surface area contributed by atoms with E-state index in [9.17, 15) is 9.59 Å². The Balaban J connectivity index is 0.000000179. The van der Waals surface area contributed by atoms with Gasteiger partial charge < -0.3 is 34.4 Å². The number of benzene rings is 7. The Hall–Kier alpha value is -9.65. The number of ketones is 1. The van der Waals surface area contributed by atoms with E-state index in [-0.39, 0.29) is 90.3 Å². The van der Waals surface area contributed by atoms with Gasteiger partial charge in [-0.15, -0.1) is 179 Å². The number of para-hydroxylation sites is 1. The summed E-state index contributed by atoms with van der Waals surface area (Å²) in [5.74, 6) is -0.0625. The smallest absolute Gasteiger partial charge is 0.512 e. The molecule has 16 rings (SSSR count). The zero-order valence-corrected chi connectivity index (χ0v) is 63.7. The van der Waals surface area contributed by atoms with Gasteiger partial charge in [0.05, 0.1) is 21.5 Å². The average Bonchev–Trinajstić information content (AvgIpc) is 1.23. The van der Waals surface area contributed by atoms with Crippen molar-refractivity contribution in [1.29, 1.82) is 0 Å². The Morgan fingerprint density at radius 3 is 1.53 bits per heavy atom. The van der Waals surface area contributed by atoms with Gasteiger partial charge in [0.2, 0.25) is 0 Å². The second kappa shape index (κ2) is 38.8. The van der Waals surface area contributed by atoms with E-state index in [0.717, 1.165) is 126 Å². The fraction of sp³-hybridized carbons (Fsp3) is 0.140. The molecule has 0 amide bonds. The predicted octanol–water partition coefficient (Wildman–Crippen LogP) is 20.2. The molecule has 2 aliphatic rings. The van der Waals surface area contributed by atoms with Crippen molar-refractivity contribution < 1.29 is 74.6 Å². The molecule has 11 nitrogen and oxygen atoms in total. The summed E-state index contributed by atoms with van der Waals surface area (Å²) < 4.78 is 7.05. The fourth-order valence-corrected chi connectivity index (χ4v) is 12.1. The minimum Gasteiger partial charge on any atom is -0.512 e. The molecule has 101 heavy (non-hydrogen) atoms. The number of aromatic nitrogens is 6. The number of carbonyl (C=O) groups excluding carboxylic acids is 1. The molecule has 0 unspecified atom stereocenters. The fourth-order valence-electron chi connectivity index (χ4n) is 11.2. The molecule has 0 bridgehead atoms. The van der Waals surface area contributed by atoms with Gasteiger partial charge >= 0.3 is 25.7 Å². The molecule has 0 spiro atoms. The van der Waals surface area contributed by atoms with Crippen molar-refractivity contribution in [3.05, 3.63) is 331 Å². The van der Waals surface area contributed by atoms with Crippen LogP contribution < -0.4 is 10.5 Å². The Morgan fingerprint density at radius 1 is 0.554 bits per heavy atom. The standard InChI is InChI=1S/C24H22N2O2S.C22H14N2.C12H10N.2C11H8N.C5H8O2.CH4.3Ir/c1-24(2)9-11-26-10-5-6-15-20(26)17(24)13-14-12-16(23(27)28-21(14)15)22-25-18-7-3-4-8-19(18)29-22;1-2-8-17(9-3-1)21-13-7-14-22(24-21)19-11-6-10-18(16-19)20-12-4-5-15-23-20;1-10-7-8-13-12(9-10)11-5-3-2-4-6-11;2*1-2-6-10(7-3-1)11-8-4-5-9-12-11;1-4(6)3-5(2)7;;;;/h3-4,7-8,12-13H,5-6,9-11H2,1-2H3;1-8,10-15H;2-5,7-9H,1H3;2*1-6,8-9H;3,6H,1-2H3;1H4;;;/q;-2;3*-1;;;;;+3. The number of aliphatic hydroxyl groups excluding tert-OH is 1. The van der Waals surface area contributed by atoms with Crippen LogP contribution in [0.1, 0.15) is 64.7 Å². The Labute approximate surface area is 636 Å². The van der Waals surface area contributed by atoms with Crippen LogP contribution in [0, 0.1) is 37.3 Å². The molecule has 2 aliphatic heterocycles. The van der Waals surface area contributed by atoms with Gasteiger partial charge in [-0.2, -0.15) is 0 Å². The van der Waals surface area contributed by atoms with E-state index >= 15 is 0 Å². The summed E-state index contributed by atoms with van der Waals surface area (Å²) in [4.78, 5) is 52.0. The molecule has 0 aliphatic carbocycles. The number of hydrogen-bond donors (Lipinski definition) is 1. The molecule has 9 heterocycles. The molecule has 1 N–H and O–H groups in total. The van der Waals surface area contributed by atoms with Gasteiger partial charge in [0.15, 0.2) is 5.78 Å². The van der Waals surface area contributed by atoms with E-state index in [0.29, 0.717) is 5.56 Å². The first-order valence-corrected chi connectivity index (χ1v) is 32.8. The summed E-state index contributed by atoms with van der Waals surface area (Å²) in [5.41, 5.74) is 18.9. The number of aliphatic hydroxyl groups is 1. The zero-order chi connectivity index (χ0) is 67.4. The number of rotatable bonds is 8. The number of fused-ring (bicyclic) bond motifs is 3. The topological polar surface area (TPSA) is 148 Å². The summed E-state index contributed by atoms with van der Waals surface area (Å²) in [6, 6.07) is 93.4. The minimum absolute atomic E-state index is 0. The summed E-state index contributed by atoms with van der Waals surface area (Å²) in [6.45, 7) is 11.7. The van der Waals surface area contributed by atoms with Crippen LogP contribution in [0.3, 0.4) is 0 Å². The molecule has 2 radical (unpaired) electrons. The van der Waals surface area contributed by atoms with Gasteiger partial charge in [0.1, 0.15) is 10.6 Å². The quantitative estimate of drug-likeness (QED) is 0.0671. The van der Waals surface area contributed by atoms with E-state index in [1.54, 1.807) is 29.9 Å². The molecule has 0 saturated heterocycles. The van der Waals surface area contributed by atoms with Gasteiger partial charge in [-0.05, 0) is 128 Å². The van der Waals surface area contributed by atoms with Crippen LogP contribution in [-0.2, 0) is 76.9 Å². The van der Waals surface area contributed by atoms with Crippen LogP contribution in [0.25, 0.3) is 99.3 Å². The van der Waals surface area contributed by atoms with E-state index < -0.39 is 0 Å². The van der Waals surface area contributed by atoms with Gasteiger partial charge in [-0.1, -0.05) is 111 Å². The van der Waals surface area contributed by atoms with Crippen molar-refractivity contribution in [2.24, 2.45) is 0 Å². The van der Waals surface area contributed by atoms with E-state index in [4.69, 9.17) is 14.5 Å². The van der Waals surface area contributed by atoms with Crippen molar-refractivity contribution in [3.8, 4) is 78.1 Å². The summed E-state index contributed by atoms with van der Waals surface area (Å²) in [5, 5.41) is 10.1. The van der Waals surface area contributed by atoms with Crippen LogP contribution in [0.15, 0.2) is 282 Å². The summed E-state index contributed by atoms with van der Waals surface area (Å²) in [7, 11) is 0. The number of aryl methyl sites for hydroxylation is 2. The molecule has 15 heteroatoms. The third-order valence-corrected chi connectivity index (χ3v) is 17.0. The van der Waals surface area contributed by atoms with Gasteiger partial charge in [0, 0.05) is 106 Å².